The lowest BCUT2D eigenvalue weighted by Gasteiger charge is -2.14. The largest absolute Gasteiger partial charge is 0.491 e. The van der Waals surface area contributed by atoms with Gasteiger partial charge in [-0.25, -0.2) is 4.79 Å². The fraction of sp³-hybridized carbons (Fsp3) is 0.286. The van der Waals surface area contributed by atoms with Crippen LogP contribution in [0.4, 0.5) is 4.79 Å². The third-order valence-corrected chi connectivity index (χ3v) is 3.09. The van der Waals surface area contributed by atoms with Gasteiger partial charge in [0.05, 0.1) is 12.1 Å². The van der Waals surface area contributed by atoms with E-state index < -0.39 is 17.8 Å². The van der Waals surface area contributed by atoms with Crippen LogP contribution < -0.4 is 4.74 Å². The van der Waals surface area contributed by atoms with Crippen LogP contribution >= 0.6 is 0 Å². The van der Waals surface area contributed by atoms with Gasteiger partial charge >= 0.3 is 17.8 Å². The Bertz CT molecular complexity index is 626. The van der Waals surface area contributed by atoms with Gasteiger partial charge < -0.3 is 4.74 Å². The second kappa shape index (κ2) is 5.74. The lowest BCUT2D eigenvalue weighted by atomic mass is 10.1. The van der Waals surface area contributed by atoms with E-state index >= 15 is 0 Å². The maximum absolute atomic E-state index is 11.6. The van der Waals surface area contributed by atoms with E-state index in [1.165, 1.54) is 14.0 Å². The molecule has 0 radical (unpaired) electrons. The smallest absolute Gasteiger partial charge is 0.334 e. The summed E-state index contributed by atoms with van der Waals surface area (Å²) < 4.78 is 5.43. The number of hydrogen-bond donors (Lipinski definition) is 0. The monoisotopic (exact) mass is 290 g/mol. The van der Waals surface area contributed by atoms with Gasteiger partial charge in [-0.05, 0) is 19.1 Å². The van der Waals surface area contributed by atoms with Gasteiger partial charge in [-0.15, -0.1) is 0 Å². The van der Waals surface area contributed by atoms with Crippen molar-refractivity contribution in [2.75, 3.05) is 20.2 Å². The van der Waals surface area contributed by atoms with Crippen LogP contribution in [0.1, 0.15) is 17.3 Å². The Balaban J connectivity index is 2.00. The van der Waals surface area contributed by atoms with E-state index in [9.17, 15) is 19.2 Å². The first-order chi connectivity index (χ1) is 9.93. The second-order valence-corrected chi connectivity index (χ2v) is 4.50. The molecule has 1 aliphatic heterocycles. The summed E-state index contributed by atoms with van der Waals surface area (Å²) in [5.41, 5.74) is 0.421. The van der Waals surface area contributed by atoms with E-state index in [0.29, 0.717) is 11.3 Å². The van der Waals surface area contributed by atoms with Gasteiger partial charge in [-0.1, -0.05) is 12.1 Å². The maximum Gasteiger partial charge on any atom is 0.334 e. The van der Waals surface area contributed by atoms with Crippen molar-refractivity contribution in [1.82, 2.24) is 9.80 Å². The van der Waals surface area contributed by atoms with E-state index in [0.717, 1.165) is 9.80 Å². The summed E-state index contributed by atoms with van der Waals surface area (Å²) in [4.78, 5) is 47.5. The van der Waals surface area contributed by atoms with Crippen LogP contribution in [0.15, 0.2) is 24.3 Å². The van der Waals surface area contributed by atoms with E-state index in [2.05, 4.69) is 0 Å². The molecule has 7 heteroatoms. The highest BCUT2D eigenvalue weighted by Crippen LogP contribution is 2.18. The molecule has 0 aromatic heterocycles. The summed E-state index contributed by atoms with van der Waals surface area (Å²) in [5.74, 6) is -1.49. The van der Waals surface area contributed by atoms with E-state index in [-0.39, 0.29) is 18.9 Å². The number of carbonyl (C=O) groups excluding carboxylic acids is 4. The lowest BCUT2D eigenvalue weighted by molar-refractivity contribution is -0.142. The summed E-state index contributed by atoms with van der Waals surface area (Å²) >= 11 is 0. The molecular formula is C14H14N2O5. The Morgan fingerprint density at radius 2 is 1.81 bits per heavy atom. The van der Waals surface area contributed by atoms with Crippen LogP contribution in [0.5, 0.6) is 5.75 Å². The number of urea groups is 1. The minimum absolute atomic E-state index is 0.00287. The number of ketones is 1. The molecule has 0 aliphatic carbocycles. The number of ether oxygens (including phenoxy) is 1. The van der Waals surface area contributed by atoms with Crippen LogP contribution in [0.3, 0.4) is 0 Å². The highest BCUT2D eigenvalue weighted by Gasteiger charge is 2.41. The number of benzene rings is 1. The van der Waals surface area contributed by atoms with Crippen LogP contribution in [0.25, 0.3) is 0 Å². The second-order valence-electron chi connectivity index (χ2n) is 4.50. The van der Waals surface area contributed by atoms with E-state index in [4.69, 9.17) is 4.74 Å². The quantitative estimate of drug-likeness (QED) is 0.452. The van der Waals surface area contributed by atoms with Crippen molar-refractivity contribution in [1.29, 1.82) is 0 Å². The van der Waals surface area contributed by atoms with Crippen molar-refractivity contribution in [2.45, 2.75) is 6.92 Å². The van der Waals surface area contributed by atoms with Crippen molar-refractivity contribution in [3.63, 3.8) is 0 Å². The first-order valence-corrected chi connectivity index (χ1v) is 6.29. The fourth-order valence-corrected chi connectivity index (χ4v) is 1.94. The Labute approximate surface area is 121 Å². The predicted molar refractivity (Wildman–Crippen MR) is 71.8 cm³/mol. The molecule has 1 heterocycles. The molecule has 0 unspecified atom stereocenters. The van der Waals surface area contributed by atoms with Crippen molar-refractivity contribution in [2.24, 2.45) is 0 Å². The van der Waals surface area contributed by atoms with Crippen LogP contribution in [-0.4, -0.2) is 53.6 Å². The molecule has 1 saturated heterocycles. The summed E-state index contributed by atoms with van der Waals surface area (Å²) in [5, 5.41) is 0. The van der Waals surface area contributed by atoms with Crippen molar-refractivity contribution in [3.05, 3.63) is 29.8 Å². The number of Topliss-reactive ketones (excluding diaryl/α,β-unsaturated/α-hetero) is 1. The molecule has 0 saturated carbocycles. The zero-order valence-corrected chi connectivity index (χ0v) is 11.7. The SMILES string of the molecule is CC(=O)c1ccccc1OCCN1C(=O)C(=O)N(C)C1=O. The Morgan fingerprint density at radius 3 is 2.38 bits per heavy atom. The maximum atomic E-state index is 11.6. The van der Waals surface area contributed by atoms with Gasteiger partial charge in [-0.3, -0.25) is 24.2 Å². The molecule has 1 aliphatic rings. The minimum Gasteiger partial charge on any atom is -0.491 e. The van der Waals surface area contributed by atoms with Crippen molar-refractivity contribution >= 4 is 23.6 Å². The van der Waals surface area contributed by atoms with Gasteiger partial charge in [0.2, 0.25) is 0 Å². The topological polar surface area (TPSA) is 84.0 Å². The average Bonchev–Trinajstić information content (AvgIpc) is 2.65. The normalized spacial score (nSPS) is 14.9. The molecule has 21 heavy (non-hydrogen) atoms. The standard InChI is InChI=1S/C14H14N2O5/c1-9(17)10-5-3-4-6-11(10)21-8-7-16-13(19)12(18)15(2)14(16)20/h3-6H,7-8H2,1-2H3. The molecule has 1 aromatic rings. The number of carbonyl (C=O) groups is 4. The van der Waals surface area contributed by atoms with E-state index in [1.54, 1.807) is 24.3 Å². The zero-order valence-electron chi connectivity index (χ0n) is 11.7. The number of rotatable bonds is 5. The van der Waals surface area contributed by atoms with Crippen LogP contribution in [-0.2, 0) is 9.59 Å². The molecule has 0 atom stereocenters. The molecule has 0 spiro atoms. The average molecular weight is 290 g/mol. The molecule has 0 bridgehead atoms. The van der Waals surface area contributed by atoms with Crippen molar-refractivity contribution in [3.8, 4) is 5.75 Å². The number of amides is 4. The first-order valence-electron chi connectivity index (χ1n) is 6.29. The number of imide groups is 2. The predicted octanol–water partition coefficient (Wildman–Crippen LogP) is 0.689. The summed E-state index contributed by atoms with van der Waals surface area (Å²) in [7, 11) is 1.24. The molecule has 1 fully saturated rings. The first kappa shape index (κ1) is 14.7. The Hall–Kier alpha value is -2.70. The summed E-state index contributed by atoms with van der Waals surface area (Å²) in [6, 6.07) is 6.01. The number of nitrogens with zero attached hydrogens (tertiary/aromatic N) is 2. The number of hydrogen-bond acceptors (Lipinski definition) is 5. The van der Waals surface area contributed by atoms with Gasteiger partial charge in [-0.2, -0.15) is 0 Å². The minimum atomic E-state index is -0.869. The van der Waals surface area contributed by atoms with E-state index in [1.807, 2.05) is 0 Å². The fourth-order valence-electron chi connectivity index (χ4n) is 1.94. The molecule has 0 N–H and O–H groups in total. The molecular weight excluding hydrogens is 276 g/mol. The highest BCUT2D eigenvalue weighted by molar-refractivity contribution is 6.44. The lowest BCUT2D eigenvalue weighted by Crippen LogP contribution is -2.35. The number of para-hydroxylation sites is 1. The molecule has 110 valence electrons. The van der Waals surface area contributed by atoms with Crippen LogP contribution in [0.2, 0.25) is 0 Å². The van der Waals surface area contributed by atoms with Gasteiger partial charge in [0.15, 0.2) is 5.78 Å². The Kier molecular flexibility index (Phi) is 4.02. The van der Waals surface area contributed by atoms with Crippen LogP contribution in [0, 0.1) is 0 Å². The Morgan fingerprint density at radius 1 is 1.14 bits per heavy atom. The molecule has 1 aromatic carbocycles. The van der Waals surface area contributed by atoms with Gasteiger partial charge in [0.1, 0.15) is 12.4 Å². The molecule has 7 nitrogen and oxygen atoms in total. The zero-order chi connectivity index (χ0) is 15.6. The molecule has 4 amide bonds. The summed E-state index contributed by atoms with van der Waals surface area (Å²) in [6.45, 7) is 1.37. The van der Waals surface area contributed by atoms with Gasteiger partial charge in [0.25, 0.3) is 0 Å². The number of likely N-dealkylation sites (N-methyl/N-ethyl adjacent to an activating group) is 1. The van der Waals surface area contributed by atoms with Gasteiger partial charge in [0, 0.05) is 7.05 Å². The molecule has 2 rings (SSSR count). The summed E-state index contributed by atoms with van der Waals surface area (Å²) in [6.07, 6.45) is 0. The third-order valence-electron chi connectivity index (χ3n) is 3.09. The van der Waals surface area contributed by atoms with Crippen molar-refractivity contribution < 1.29 is 23.9 Å². The highest BCUT2D eigenvalue weighted by atomic mass is 16.5. The third kappa shape index (κ3) is 2.76.